The summed E-state index contributed by atoms with van der Waals surface area (Å²) in [5.41, 5.74) is 5.39. The number of morpholine rings is 1. The first-order valence-corrected chi connectivity index (χ1v) is 7.91. The van der Waals surface area contributed by atoms with Crippen molar-refractivity contribution < 1.29 is 4.74 Å². The van der Waals surface area contributed by atoms with Crippen molar-refractivity contribution in [1.29, 1.82) is 5.26 Å². The fourth-order valence-electron chi connectivity index (χ4n) is 3.34. The Kier molecular flexibility index (Phi) is 4.46. The highest BCUT2D eigenvalue weighted by Crippen LogP contribution is 2.30. The molecule has 1 aliphatic heterocycles. The molecule has 1 saturated heterocycles. The highest BCUT2D eigenvalue weighted by Gasteiger charge is 2.29. The molecule has 0 radical (unpaired) electrons. The molecule has 1 fully saturated rings. The SMILES string of the molecule is Cc1nn(C)c(C)c1C1COCCN1Cc1cccc(C#N)c1. The van der Waals surface area contributed by atoms with Gasteiger partial charge in [0.25, 0.3) is 0 Å². The van der Waals surface area contributed by atoms with E-state index in [2.05, 4.69) is 36.0 Å². The molecule has 1 unspecified atom stereocenters. The minimum atomic E-state index is 0.211. The van der Waals surface area contributed by atoms with Crippen molar-refractivity contribution in [2.45, 2.75) is 26.4 Å². The predicted molar refractivity (Wildman–Crippen MR) is 87.8 cm³/mol. The van der Waals surface area contributed by atoms with E-state index >= 15 is 0 Å². The first-order valence-electron chi connectivity index (χ1n) is 7.91. The molecule has 5 heteroatoms. The lowest BCUT2D eigenvalue weighted by Gasteiger charge is -2.36. The van der Waals surface area contributed by atoms with Gasteiger partial charge in [-0.05, 0) is 31.5 Å². The standard InChI is InChI=1S/C18H22N4O/c1-13-18(14(2)21(3)20-13)17-12-23-8-7-22(17)11-16-6-4-5-15(9-16)10-19/h4-6,9,17H,7-8,11-12H2,1-3H3. The van der Waals surface area contributed by atoms with Crippen LogP contribution in [0.5, 0.6) is 0 Å². The number of nitriles is 1. The zero-order chi connectivity index (χ0) is 16.4. The number of aryl methyl sites for hydroxylation is 2. The molecular weight excluding hydrogens is 288 g/mol. The van der Waals surface area contributed by atoms with E-state index in [9.17, 15) is 0 Å². The van der Waals surface area contributed by atoms with Gasteiger partial charge in [0.05, 0.1) is 36.6 Å². The van der Waals surface area contributed by atoms with E-state index < -0.39 is 0 Å². The molecule has 23 heavy (non-hydrogen) atoms. The molecule has 0 spiro atoms. The number of nitrogens with zero attached hydrogens (tertiary/aromatic N) is 4. The maximum Gasteiger partial charge on any atom is 0.0991 e. The molecule has 1 atom stereocenters. The summed E-state index contributed by atoms with van der Waals surface area (Å²) in [5.74, 6) is 0. The highest BCUT2D eigenvalue weighted by atomic mass is 16.5. The average molecular weight is 310 g/mol. The van der Waals surface area contributed by atoms with Gasteiger partial charge in [-0.1, -0.05) is 12.1 Å². The van der Waals surface area contributed by atoms with E-state index in [4.69, 9.17) is 10.00 Å². The normalized spacial score (nSPS) is 18.8. The lowest BCUT2D eigenvalue weighted by atomic mass is 10.0. The van der Waals surface area contributed by atoms with Gasteiger partial charge in [-0.3, -0.25) is 9.58 Å². The van der Waals surface area contributed by atoms with Crippen LogP contribution in [0.25, 0.3) is 0 Å². The van der Waals surface area contributed by atoms with E-state index in [0.717, 1.165) is 31.0 Å². The quantitative estimate of drug-likeness (QED) is 0.874. The van der Waals surface area contributed by atoms with Gasteiger partial charge < -0.3 is 4.74 Å². The molecule has 3 rings (SSSR count). The van der Waals surface area contributed by atoms with Gasteiger partial charge in [-0.15, -0.1) is 0 Å². The molecule has 0 aliphatic carbocycles. The molecule has 0 bridgehead atoms. The van der Waals surface area contributed by atoms with Crippen molar-refractivity contribution in [3.63, 3.8) is 0 Å². The second-order valence-electron chi connectivity index (χ2n) is 6.08. The molecule has 2 heterocycles. The zero-order valence-corrected chi connectivity index (χ0v) is 13.9. The first kappa shape index (κ1) is 15.7. The van der Waals surface area contributed by atoms with E-state index in [0.29, 0.717) is 12.2 Å². The minimum absolute atomic E-state index is 0.211. The minimum Gasteiger partial charge on any atom is -0.378 e. The lowest BCUT2D eigenvalue weighted by Crippen LogP contribution is -2.39. The number of aromatic nitrogens is 2. The number of rotatable bonds is 3. The Balaban J connectivity index is 1.88. The highest BCUT2D eigenvalue weighted by molar-refractivity contribution is 5.33. The van der Waals surface area contributed by atoms with Crippen molar-refractivity contribution in [3.8, 4) is 6.07 Å². The maximum absolute atomic E-state index is 9.08. The Morgan fingerprint density at radius 3 is 2.91 bits per heavy atom. The summed E-state index contributed by atoms with van der Waals surface area (Å²) in [6, 6.07) is 10.3. The van der Waals surface area contributed by atoms with Crippen LogP contribution in [0.2, 0.25) is 0 Å². The number of benzene rings is 1. The van der Waals surface area contributed by atoms with E-state index in [1.807, 2.05) is 29.9 Å². The summed E-state index contributed by atoms with van der Waals surface area (Å²) in [7, 11) is 1.98. The average Bonchev–Trinajstić information content (AvgIpc) is 2.81. The van der Waals surface area contributed by atoms with Gasteiger partial charge in [-0.2, -0.15) is 10.4 Å². The largest absolute Gasteiger partial charge is 0.378 e. The van der Waals surface area contributed by atoms with Crippen LogP contribution in [0.4, 0.5) is 0 Å². The Hall–Kier alpha value is -2.16. The second-order valence-corrected chi connectivity index (χ2v) is 6.08. The van der Waals surface area contributed by atoms with Gasteiger partial charge in [0, 0.05) is 31.4 Å². The van der Waals surface area contributed by atoms with Gasteiger partial charge in [0.15, 0.2) is 0 Å². The van der Waals surface area contributed by atoms with E-state index in [-0.39, 0.29) is 6.04 Å². The molecule has 0 N–H and O–H groups in total. The van der Waals surface area contributed by atoms with Crippen LogP contribution in [-0.2, 0) is 18.3 Å². The van der Waals surface area contributed by atoms with Crippen LogP contribution < -0.4 is 0 Å². The molecule has 5 nitrogen and oxygen atoms in total. The third-order valence-corrected chi connectivity index (χ3v) is 4.58. The van der Waals surface area contributed by atoms with Crippen molar-refractivity contribution in [1.82, 2.24) is 14.7 Å². The van der Waals surface area contributed by atoms with Crippen LogP contribution >= 0.6 is 0 Å². The Morgan fingerprint density at radius 1 is 1.39 bits per heavy atom. The molecule has 1 aromatic carbocycles. The molecule has 1 aromatic heterocycles. The van der Waals surface area contributed by atoms with Gasteiger partial charge >= 0.3 is 0 Å². The van der Waals surface area contributed by atoms with Crippen LogP contribution in [0.1, 0.15) is 34.1 Å². The fourth-order valence-corrected chi connectivity index (χ4v) is 3.34. The van der Waals surface area contributed by atoms with Crippen molar-refractivity contribution in [2.24, 2.45) is 7.05 Å². The second kappa shape index (κ2) is 6.53. The molecule has 0 amide bonds. The van der Waals surface area contributed by atoms with Crippen LogP contribution in [-0.4, -0.2) is 34.4 Å². The van der Waals surface area contributed by atoms with Gasteiger partial charge in [-0.25, -0.2) is 0 Å². The number of hydrogen-bond acceptors (Lipinski definition) is 4. The fraction of sp³-hybridized carbons (Fsp3) is 0.444. The summed E-state index contributed by atoms with van der Waals surface area (Å²) in [6.45, 7) is 7.30. The van der Waals surface area contributed by atoms with Gasteiger partial charge in [0.1, 0.15) is 0 Å². The summed E-state index contributed by atoms with van der Waals surface area (Å²) in [6.07, 6.45) is 0. The summed E-state index contributed by atoms with van der Waals surface area (Å²) in [4.78, 5) is 2.43. The van der Waals surface area contributed by atoms with E-state index in [1.54, 1.807) is 0 Å². The summed E-state index contributed by atoms with van der Waals surface area (Å²) >= 11 is 0. The van der Waals surface area contributed by atoms with Crippen molar-refractivity contribution >= 4 is 0 Å². The lowest BCUT2D eigenvalue weighted by molar-refractivity contribution is -0.0132. The first-order chi connectivity index (χ1) is 11.1. The molecule has 0 saturated carbocycles. The maximum atomic E-state index is 9.08. The Labute approximate surface area is 137 Å². The Morgan fingerprint density at radius 2 is 2.22 bits per heavy atom. The van der Waals surface area contributed by atoms with Crippen molar-refractivity contribution in [3.05, 3.63) is 52.3 Å². The smallest absolute Gasteiger partial charge is 0.0991 e. The van der Waals surface area contributed by atoms with Crippen molar-refractivity contribution in [2.75, 3.05) is 19.8 Å². The van der Waals surface area contributed by atoms with Crippen LogP contribution in [0.3, 0.4) is 0 Å². The summed E-state index contributed by atoms with van der Waals surface area (Å²) < 4.78 is 7.68. The molecular formula is C18H22N4O. The predicted octanol–water partition coefficient (Wildman–Crippen LogP) is 2.48. The van der Waals surface area contributed by atoms with E-state index in [1.165, 1.54) is 11.3 Å². The van der Waals surface area contributed by atoms with Crippen LogP contribution in [0, 0.1) is 25.2 Å². The topological polar surface area (TPSA) is 54.1 Å². The number of ether oxygens (including phenoxy) is 1. The number of hydrogen-bond donors (Lipinski definition) is 0. The third kappa shape index (κ3) is 3.14. The Bertz CT molecular complexity index is 744. The molecule has 2 aromatic rings. The van der Waals surface area contributed by atoms with Crippen LogP contribution in [0.15, 0.2) is 24.3 Å². The summed E-state index contributed by atoms with van der Waals surface area (Å²) in [5, 5.41) is 13.6. The molecule has 120 valence electrons. The third-order valence-electron chi connectivity index (χ3n) is 4.58. The molecule has 1 aliphatic rings. The van der Waals surface area contributed by atoms with Gasteiger partial charge in [0.2, 0.25) is 0 Å². The monoisotopic (exact) mass is 310 g/mol. The zero-order valence-electron chi connectivity index (χ0n) is 13.9.